The minimum atomic E-state index is -4.62. The lowest BCUT2D eigenvalue weighted by Crippen LogP contribution is -2.15. The summed E-state index contributed by atoms with van der Waals surface area (Å²) in [5.74, 6) is -0.157. The van der Waals surface area contributed by atoms with Gasteiger partial charge in [-0.2, -0.15) is 0 Å². The quantitative estimate of drug-likeness (QED) is 0.593. The molecule has 0 amide bonds. The van der Waals surface area contributed by atoms with Gasteiger partial charge >= 0.3 is 6.36 Å². The van der Waals surface area contributed by atoms with Gasteiger partial charge in [0.2, 0.25) is 0 Å². The molecule has 1 aliphatic carbocycles. The molecular formula is C7H5F3OS. The van der Waals surface area contributed by atoms with Gasteiger partial charge in [0.15, 0.2) is 0 Å². The first-order chi connectivity index (χ1) is 5.47. The molecule has 1 rings (SSSR count). The highest BCUT2D eigenvalue weighted by molar-refractivity contribution is 7.80. The Balaban J connectivity index is 2.60. The number of ether oxygens (including phenoxy) is 1. The number of rotatable bonds is 1. The molecule has 0 spiro atoms. The van der Waals surface area contributed by atoms with Gasteiger partial charge in [-0.1, -0.05) is 18.3 Å². The molecular weight excluding hydrogens is 189 g/mol. The molecule has 66 valence electrons. The maximum Gasteiger partial charge on any atom is 0.572 e. The van der Waals surface area contributed by atoms with Crippen LogP contribution >= 0.6 is 12.2 Å². The molecule has 1 aliphatic rings. The Morgan fingerprint density at radius 2 is 2.08 bits per heavy atom. The van der Waals surface area contributed by atoms with Gasteiger partial charge in [-0.25, -0.2) is 0 Å². The first kappa shape index (κ1) is 9.25. The largest absolute Gasteiger partial charge is 0.572 e. The van der Waals surface area contributed by atoms with Crippen LogP contribution in [0.1, 0.15) is 6.42 Å². The van der Waals surface area contributed by atoms with Crippen LogP contribution in [0.25, 0.3) is 0 Å². The fourth-order valence-electron chi connectivity index (χ4n) is 0.771. The van der Waals surface area contributed by atoms with Crippen molar-refractivity contribution in [2.75, 3.05) is 0 Å². The number of alkyl halides is 3. The topological polar surface area (TPSA) is 9.23 Å². The molecule has 0 aromatic rings. The highest BCUT2D eigenvalue weighted by Gasteiger charge is 2.32. The lowest BCUT2D eigenvalue weighted by Gasteiger charge is -2.13. The van der Waals surface area contributed by atoms with Crippen molar-refractivity contribution in [2.24, 2.45) is 0 Å². The summed E-state index contributed by atoms with van der Waals surface area (Å²) in [7, 11) is 0. The first-order valence-corrected chi connectivity index (χ1v) is 3.54. The zero-order chi connectivity index (χ0) is 9.19. The number of hydrogen-bond donors (Lipinski definition) is 0. The zero-order valence-corrected chi connectivity index (χ0v) is 6.71. The fraction of sp³-hybridized carbons (Fsp3) is 0.286. The van der Waals surface area contributed by atoms with E-state index in [1.54, 1.807) is 6.08 Å². The van der Waals surface area contributed by atoms with Crippen LogP contribution in [0.3, 0.4) is 0 Å². The molecule has 0 aliphatic heterocycles. The normalized spacial score (nSPS) is 17.6. The van der Waals surface area contributed by atoms with Crippen molar-refractivity contribution in [3.63, 3.8) is 0 Å². The van der Waals surface area contributed by atoms with Gasteiger partial charge in [0.25, 0.3) is 0 Å². The fourth-order valence-corrected chi connectivity index (χ4v) is 0.992. The summed E-state index contributed by atoms with van der Waals surface area (Å²) < 4.78 is 38.6. The van der Waals surface area contributed by atoms with E-state index in [1.165, 1.54) is 12.2 Å². The van der Waals surface area contributed by atoms with E-state index < -0.39 is 6.36 Å². The summed E-state index contributed by atoms with van der Waals surface area (Å²) in [6.45, 7) is 0. The average molecular weight is 194 g/mol. The van der Waals surface area contributed by atoms with Crippen LogP contribution < -0.4 is 0 Å². The van der Waals surface area contributed by atoms with Gasteiger partial charge in [-0.05, 0) is 12.2 Å². The van der Waals surface area contributed by atoms with Crippen LogP contribution in [-0.4, -0.2) is 11.2 Å². The lowest BCUT2D eigenvalue weighted by atomic mass is 10.2. The van der Waals surface area contributed by atoms with E-state index in [4.69, 9.17) is 12.2 Å². The molecule has 12 heavy (non-hydrogen) atoms. The standard InChI is InChI=1S/C7H5F3OS/c8-7(9,10)11-5-2-1-3-6(12)4-5/h1-3H,4H2. The Labute approximate surface area is 72.5 Å². The minimum Gasteiger partial charge on any atom is -0.410 e. The van der Waals surface area contributed by atoms with Crippen molar-refractivity contribution in [2.45, 2.75) is 12.8 Å². The van der Waals surface area contributed by atoms with Crippen molar-refractivity contribution < 1.29 is 17.9 Å². The highest BCUT2D eigenvalue weighted by atomic mass is 32.1. The van der Waals surface area contributed by atoms with Crippen molar-refractivity contribution >= 4 is 17.1 Å². The number of halogens is 3. The molecule has 0 unspecified atom stereocenters. The molecule has 0 saturated carbocycles. The van der Waals surface area contributed by atoms with Crippen LogP contribution in [0.2, 0.25) is 0 Å². The highest BCUT2D eigenvalue weighted by Crippen LogP contribution is 2.24. The third-order valence-corrected chi connectivity index (χ3v) is 1.44. The number of thiocarbonyl (C=S) groups is 1. The van der Waals surface area contributed by atoms with Gasteiger partial charge in [0.1, 0.15) is 5.76 Å². The average Bonchev–Trinajstić information content (AvgIpc) is 1.82. The molecule has 0 N–H and O–H groups in total. The van der Waals surface area contributed by atoms with Crippen molar-refractivity contribution in [3.05, 3.63) is 24.0 Å². The van der Waals surface area contributed by atoms with Crippen LogP contribution in [0.4, 0.5) is 13.2 Å². The van der Waals surface area contributed by atoms with Gasteiger partial charge < -0.3 is 4.74 Å². The summed E-state index contributed by atoms with van der Waals surface area (Å²) in [5.41, 5.74) is 0. The summed E-state index contributed by atoms with van der Waals surface area (Å²) in [6, 6.07) is 0. The lowest BCUT2D eigenvalue weighted by molar-refractivity contribution is -0.305. The Bertz CT molecular complexity index is 252. The van der Waals surface area contributed by atoms with Crippen molar-refractivity contribution in [3.8, 4) is 0 Å². The summed E-state index contributed by atoms with van der Waals surface area (Å²) >= 11 is 4.70. The Morgan fingerprint density at radius 3 is 2.58 bits per heavy atom. The minimum absolute atomic E-state index is 0.0470. The summed E-state index contributed by atoms with van der Waals surface area (Å²) in [4.78, 5) is 0.441. The van der Waals surface area contributed by atoms with E-state index in [2.05, 4.69) is 4.74 Å². The molecule has 1 nitrogen and oxygen atoms in total. The molecule has 0 saturated heterocycles. The molecule has 0 aromatic carbocycles. The number of hydrogen-bond acceptors (Lipinski definition) is 2. The maximum absolute atomic E-state index is 11.6. The van der Waals surface area contributed by atoms with E-state index in [-0.39, 0.29) is 12.2 Å². The van der Waals surface area contributed by atoms with Crippen molar-refractivity contribution in [1.82, 2.24) is 0 Å². The van der Waals surface area contributed by atoms with E-state index in [0.29, 0.717) is 4.86 Å². The number of allylic oxidation sites excluding steroid dienone is 4. The SMILES string of the molecule is FC(F)(F)OC1=CC=CC(=S)C1. The van der Waals surface area contributed by atoms with Crippen LogP contribution in [-0.2, 0) is 4.74 Å². The third-order valence-electron chi connectivity index (χ3n) is 1.16. The maximum atomic E-state index is 11.6. The van der Waals surface area contributed by atoms with Crippen LogP contribution in [0.5, 0.6) is 0 Å². The van der Waals surface area contributed by atoms with E-state index in [9.17, 15) is 13.2 Å². The smallest absolute Gasteiger partial charge is 0.410 e. The second-order valence-corrected chi connectivity index (χ2v) is 2.71. The van der Waals surface area contributed by atoms with Gasteiger partial charge in [-0.15, -0.1) is 13.2 Å². The Hall–Kier alpha value is -0.840. The molecule has 5 heteroatoms. The van der Waals surface area contributed by atoms with Crippen LogP contribution in [0, 0.1) is 0 Å². The molecule has 0 atom stereocenters. The molecule has 0 bridgehead atoms. The van der Waals surface area contributed by atoms with E-state index in [1.807, 2.05) is 0 Å². The van der Waals surface area contributed by atoms with Crippen LogP contribution in [0.15, 0.2) is 24.0 Å². The van der Waals surface area contributed by atoms with Crippen molar-refractivity contribution in [1.29, 1.82) is 0 Å². The second-order valence-electron chi connectivity index (χ2n) is 2.18. The molecule has 0 heterocycles. The van der Waals surface area contributed by atoms with Gasteiger partial charge in [0, 0.05) is 11.3 Å². The monoisotopic (exact) mass is 194 g/mol. The third kappa shape index (κ3) is 3.04. The molecule has 0 aromatic heterocycles. The molecule has 0 fully saturated rings. The predicted octanol–water partition coefficient (Wildman–Crippen LogP) is 2.74. The second kappa shape index (κ2) is 3.26. The summed E-state index contributed by atoms with van der Waals surface area (Å²) in [5, 5.41) is 0. The van der Waals surface area contributed by atoms with Gasteiger partial charge in [-0.3, -0.25) is 0 Å². The Kier molecular flexibility index (Phi) is 2.52. The Morgan fingerprint density at radius 1 is 1.42 bits per heavy atom. The van der Waals surface area contributed by atoms with E-state index in [0.717, 1.165) is 0 Å². The molecule has 0 radical (unpaired) electrons. The predicted molar refractivity (Wildman–Crippen MR) is 41.6 cm³/mol. The van der Waals surface area contributed by atoms with Gasteiger partial charge in [0.05, 0.1) is 0 Å². The first-order valence-electron chi connectivity index (χ1n) is 3.13. The summed E-state index contributed by atoms with van der Waals surface area (Å²) in [6.07, 6.45) is -0.313. The van der Waals surface area contributed by atoms with E-state index >= 15 is 0 Å². The zero-order valence-electron chi connectivity index (χ0n) is 5.89.